The zero-order chi connectivity index (χ0) is 20.1. The zero-order valence-corrected chi connectivity index (χ0v) is 15.7. The molecule has 0 fully saturated rings. The minimum Gasteiger partial charge on any atom is -0.325 e. The van der Waals surface area contributed by atoms with Crippen molar-refractivity contribution >= 4 is 22.5 Å². The monoisotopic (exact) mass is 383 g/mol. The van der Waals surface area contributed by atoms with Gasteiger partial charge in [-0.15, -0.1) is 0 Å². The summed E-state index contributed by atoms with van der Waals surface area (Å²) < 4.78 is 15.5. The molecule has 1 amide bonds. The van der Waals surface area contributed by atoms with Crippen LogP contribution in [-0.2, 0) is 17.9 Å². The van der Waals surface area contributed by atoms with Gasteiger partial charge < -0.3 is 5.32 Å². The maximum atomic E-state index is 13.0. The van der Waals surface area contributed by atoms with E-state index < -0.39 is 17.4 Å². The highest BCUT2D eigenvalue weighted by Crippen LogP contribution is 2.10. The topological polar surface area (TPSA) is 73.1 Å². The Morgan fingerprint density at radius 2 is 1.71 bits per heavy atom. The van der Waals surface area contributed by atoms with Gasteiger partial charge in [-0.1, -0.05) is 31.9 Å². The second-order valence-corrected chi connectivity index (χ2v) is 6.60. The molecule has 1 heterocycles. The number of para-hydroxylation sites is 1. The largest absolute Gasteiger partial charge is 0.331 e. The average molecular weight is 383 g/mol. The van der Waals surface area contributed by atoms with Gasteiger partial charge in [0.1, 0.15) is 12.4 Å². The molecular weight excluding hydrogens is 361 g/mol. The molecule has 0 radical (unpaired) electrons. The summed E-state index contributed by atoms with van der Waals surface area (Å²) in [6.07, 6.45) is 2.59. The highest BCUT2D eigenvalue weighted by atomic mass is 19.1. The highest BCUT2D eigenvalue weighted by Gasteiger charge is 2.15. The van der Waals surface area contributed by atoms with Crippen molar-refractivity contribution in [3.63, 3.8) is 0 Å². The van der Waals surface area contributed by atoms with Gasteiger partial charge in [0.2, 0.25) is 5.91 Å². The third-order valence-corrected chi connectivity index (χ3v) is 4.55. The Bertz CT molecular complexity index is 1100. The van der Waals surface area contributed by atoms with Crippen LogP contribution in [0.4, 0.5) is 10.1 Å². The van der Waals surface area contributed by atoms with Gasteiger partial charge in [-0.3, -0.25) is 18.7 Å². The van der Waals surface area contributed by atoms with E-state index in [1.54, 1.807) is 24.3 Å². The van der Waals surface area contributed by atoms with Gasteiger partial charge in [0.05, 0.1) is 10.9 Å². The summed E-state index contributed by atoms with van der Waals surface area (Å²) in [4.78, 5) is 38.1. The Kier molecular flexibility index (Phi) is 6.03. The number of benzene rings is 2. The number of carbonyl (C=O) groups is 1. The van der Waals surface area contributed by atoms with Gasteiger partial charge in [0, 0.05) is 12.2 Å². The van der Waals surface area contributed by atoms with Crippen molar-refractivity contribution in [2.45, 2.75) is 39.3 Å². The van der Waals surface area contributed by atoms with E-state index in [-0.39, 0.29) is 12.1 Å². The molecule has 0 spiro atoms. The van der Waals surface area contributed by atoms with E-state index in [0.29, 0.717) is 29.6 Å². The summed E-state index contributed by atoms with van der Waals surface area (Å²) in [5.41, 5.74) is -0.000487. The van der Waals surface area contributed by atoms with Crippen LogP contribution in [0.5, 0.6) is 0 Å². The fraction of sp³-hybridized carbons (Fsp3) is 0.286. The van der Waals surface area contributed by atoms with E-state index in [2.05, 4.69) is 5.32 Å². The Balaban J connectivity index is 1.96. The first-order chi connectivity index (χ1) is 13.5. The van der Waals surface area contributed by atoms with Gasteiger partial charge in [0.25, 0.3) is 5.56 Å². The second-order valence-electron chi connectivity index (χ2n) is 6.60. The molecule has 0 atom stereocenters. The summed E-state index contributed by atoms with van der Waals surface area (Å²) in [5, 5.41) is 3.04. The first-order valence-electron chi connectivity index (χ1n) is 9.29. The van der Waals surface area contributed by atoms with E-state index >= 15 is 0 Å². The minimum atomic E-state index is -0.506. The number of nitrogens with one attached hydrogen (secondary N) is 1. The molecule has 7 heteroatoms. The van der Waals surface area contributed by atoms with Gasteiger partial charge in [-0.25, -0.2) is 9.18 Å². The third-order valence-electron chi connectivity index (χ3n) is 4.55. The first kappa shape index (κ1) is 19.5. The predicted octanol–water partition coefficient (Wildman–Crippen LogP) is 3.13. The van der Waals surface area contributed by atoms with Gasteiger partial charge in [-0.2, -0.15) is 0 Å². The summed E-state index contributed by atoms with van der Waals surface area (Å²) in [6, 6.07) is 12.1. The van der Waals surface area contributed by atoms with Gasteiger partial charge >= 0.3 is 5.69 Å². The number of fused-ring (bicyclic) bond motifs is 1. The molecule has 28 heavy (non-hydrogen) atoms. The van der Waals surface area contributed by atoms with E-state index in [0.717, 1.165) is 12.8 Å². The number of carbonyl (C=O) groups excluding carboxylic acids is 1. The quantitative estimate of drug-likeness (QED) is 0.637. The van der Waals surface area contributed by atoms with Crippen LogP contribution in [0, 0.1) is 5.82 Å². The number of nitrogens with zero attached hydrogens (tertiary/aromatic N) is 2. The summed E-state index contributed by atoms with van der Waals surface area (Å²) in [6.45, 7) is 2.11. The number of amides is 1. The lowest BCUT2D eigenvalue weighted by Crippen LogP contribution is -2.41. The summed E-state index contributed by atoms with van der Waals surface area (Å²) in [7, 11) is 0. The molecule has 0 bridgehead atoms. The highest BCUT2D eigenvalue weighted by molar-refractivity contribution is 5.91. The Morgan fingerprint density at radius 3 is 2.43 bits per heavy atom. The molecule has 0 aliphatic rings. The number of anilines is 1. The van der Waals surface area contributed by atoms with Crippen molar-refractivity contribution < 1.29 is 9.18 Å². The van der Waals surface area contributed by atoms with Crippen molar-refractivity contribution in [1.82, 2.24) is 9.13 Å². The number of aromatic nitrogens is 2. The first-order valence-corrected chi connectivity index (χ1v) is 9.29. The SMILES string of the molecule is CCCCCn1c(=O)c2ccccc2n(CC(=O)Nc2ccc(F)cc2)c1=O. The van der Waals surface area contributed by atoms with Crippen molar-refractivity contribution in [2.24, 2.45) is 0 Å². The number of hydrogen-bond acceptors (Lipinski definition) is 3. The number of unbranched alkanes of at least 4 members (excludes halogenated alkanes) is 2. The standard InChI is InChI=1S/C21H22FN3O3/c1-2-3-6-13-24-20(27)17-7-4-5-8-18(17)25(21(24)28)14-19(26)23-16-11-9-15(22)10-12-16/h4-5,7-12H,2-3,6,13-14H2,1H3,(H,23,26). The lowest BCUT2D eigenvalue weighted by molar-refractivity contribution is -0.116. The number of hydrogen-bond donors (Lipinski definition) is 1. The molecule has 6 nitrogen and oxygen atoms in total. The van der Waals surface area contributed by atoms with Crippen LogP contribution in [0.1, 0.15) is 26.2 Å². The Morgan fingerprint density at radius 1 is 1.00 bits per heavy atom. The van der Waals surface area contributed by atoms with E-state index in [4.69, 9.17) is 0 Å². The normalized spacial score (nSPS) is 10.9. The van der Waals surface area contributed by atoms with E-state index in [1.807, 2.05) is 6.92 Å². The molecule has 0 saturated heterocycles. The molecule has 0 saturated carbocycles. The molecular formula is C21H22FN3O3. The summed E-state index contributed by atoms with van der Waals surface area (Å²) in [5.74, 6) is -0.836. The van der Waals surface area contributed by atoms with Crippen LogP contribution in [0.15, 0.2) is 58.1 Å². The van der Waals surface area contributed by atoms with E-state index in [1.165, 1.54) is 33.4 Å². The van der Waals surface area contributed by atoms with Crippen molar-refractivity contribution in [3.05, 3.63) is 75.2 Å². The molecule has 1 N–H and O–H groups in total. The molecule has 146 valence electrons. The lowest BCUT2D eigenvalue weighted by atomic mass is 10.2. The molecule has 0 aliphatic heterocycles. The van der Waals surface area contributed by atoms with Crippen LogP contribution in [-0.4, -0.2) is 15.0 Å². The van der Waals surface area contributed by atoms with Gasteiger partial charge in [0.15, 0.2) is 0 Å². The average Bonchev–Trinajstić information content (AvgIpc) is 2.69. The van der Waals surface area contributed by atoms with Crippen LogP contribution >= 0.6 is 0 Å². The van der Waals surface area contributed by atoms with Gasteiger partial charge in [-0.05, 0) is 42.8 Å². The molecule has 3 aromatic rings. The van der Waals surface area contributed by atoms with Crippen molar-refractivity contribution in [1.29, 1.82) is 0 Å². The van der Waals surface area contributed by atoms with Crippen molar-refractivity contribution in [3.8, 4) is 0 Å². The van der Waals surface area contributed by atoms with Crippen LogP contribution in [0.2, 0.25) is 0 Å². The molecule has 0 unspecified atom stereocenters. The molecule has 3 rings (SSSR count). The zero-order valence-electron chi connectivity index (χ0n) is 15.7. The Hall–Kier alpha value is -3.22. The van der Waals surface area contributed by atoms with Crippen molar-refractivity contribution in [2.75, 3.05) is 5.32 Å². The fourth-order valence-electron chi connectivity index (χ4n) is 3.12. The predicted molar refractivity (Wildman–Crippen MR) is 107 cm³/mol. The fourth-order valence-corrected chi connectivity index (χ4v) is 3.12. The number of rotatable bonds is 7. The smallest absolute Gasteiger partial charge is 0.325 e. The van der Waals surface area contributed by atoms with Crippen LogP contribution < -0.4 is 16.6 Å². The second kappa shape index (κ2) is 8.65. The Labute approximate surface area is 161 Å². The molecule has 2 aromatic carbocycles. The lowest BCUT2D eigenvalue weighted by Gasteiger charge is -2.14. The maximum absolute atomic E-state index is 13.0. The minimum absolute atomic E-state index is 0.245. The van der Waals surface area contributed by atoms with Crippen LogP contribution in [0.3, 0.4) is 0 Å². The van der Waals surface area contributed by atoms with E-state index in [9.17, 15) is 18.8 Å². The number of halogens is 1. The molecule has 1 aromatic heterocycles. The molecule has 0 aliphatic carbocycles. The van der Waals surface area contributed by atoms with Crippen LogP contribution in [0.25, 0.3) is 10.9 Å². The third kappa shape index (κ3) is 4.19. The summed E-state index contributed by atoms with van der Waals surface area (Å²) >= 11 is 0. The maximum Gasteiger partial charge on any atom is 0.331 e.